The molecule has 0 aliphatic rings. The van der Waals surface area contributed by atoms with Gasteiger partial charge in [-0.2, -0.15) is 0 Å². The number of aromatic nitrogens is 2. The maximum atomic E-state index is 8.96. The van der Waals surface area contributed by atoms with Gasteiger partial charge >= 0.3 is 0 Å². The fourth-order valence-corrected chi connectivity index (χ4v) is 1.14. The lowest BCUT2D eigenvalue weighted by molar-refractivity contribution is 0.280. The molecule has 0 fully saturated rings. The molecule has 0 atom stereocenters. The largest absolute Gasteiger partial charge is 0.391 e. The second-order valence-electron chi connectivity index (χ2n) is 2.59. The molecule has 0 spiro atoms. The van der Waals surface area contributed by atoms with E-state index in [9.17, 15) is 0 Å². The van der Waals surface area contributed by atoms with E-state index in [0.717, 1.165) is 12.1 Å². The van der Waals surface area contributed by atoms with Gasteiger partial charge in [-0.3, -0.25) is 0 Å². The van der Waals surface area contributed by atoms with Crippen molar-refractivity contribution in [1.29, 1.82) is 0 Å². The van der Waals surface area contributed by atoms with Crippen LogP contribution in [0.25, 0.3) is 0 Å². The van der Waals surface area contributed by atoms with Crippen molar-refractivity contribution in [2.75, 3.05) is 5.73 Å². The van der Waals surface area contributed by atoms with Gasteiger partial charge in [0, 0.05) is 5.56 Å². The molecule has 1 rings (SSSR count). The summed E-state index contributed by atoms with van der Waals surface area (Å²) in [5, 5.41) is 8.96. The summed E-state index contributed by atoms with van der Waals surface area (Å²) in [5.41, 5.74) is 7.09. The van der Waals surface area contributed by atoms with Crippen LogP contribution in [0.1, 0.15) is 24.0 Å². The molecule has 0 aliphatic heterocycles. The minimum Gasteiger partial charge on any atom is -0.391 e. The Balaban J connectivity index is 3.24. The standard InChI is InChI=1S/C8H13N3O/c1-3-7-6(4-12)8(9)11-5(2)10-7/h12H,3-4H2,1-2H3,(H2,9,10,11). The summed E-state index contributed by atoms with van der Waals surface area (Å²) in [7, 11) is 0. The van der Waals surface area contributed by atoms with Gasteiger partial charge < -0.3 is 10.8 Å². The van der Waals surface area contributed by atoms with Crippen molar-refractivity contribution in [2.24, 2.45) is 0 Å². The lowest BCUT2D eigenvalue weighted by Gasteiger charge is -2.07. The summed E-state index contributed by atoms with van der Waals surface area (Å²) in [4.78, 5) is 8.13. The summed E-state index contributed by atoms with van der Waals surface area (Å²) in [5.74, 6) is 1.04. The van der Waals surface area contributed by atoms with Gasteiger partial charge in [0.2, 0.25) is 0 Å². The quantitative estimate of drug-likeness (QED) is 0.669. The second kappa shape index (κ2) is 3.49. The molecule has 0 unspecified atom stereocenters. The van der Waals surface area contributed by atoms with Gasteiger partial charge in [-0.05, 0) is 13.3 Å². The first-order chi connectivity index (χ1) is 5.69. The van der Waals surface area contributed by atoms with Crippen molar-refractivity contribution in [2.45, 2.75) is 26.9 Å². The molecule has 0 radical (unpaired) electrons. The molecule has 0 bridgehead atoms. The number of nitrogen functional groups attached to an aromatic ring is 1. The van der Waals surface area contributed by atoms with Crippen molar-refractivity contribution in [3.05, 3.63) is 17.1 Å². The number of hydrogen-bond acceptors (Lipinski definition) is 4. The molecule has 0 amide bonds. The van der Waals surface area contributed by atoms with Crippen molar-refractivity contribution in [3.8, 4) is 0 Å². The average molecular weight is 167 g/mol. The summed E-state index contributed by atoms with van der Waals surface area (Å²) < 4.78 is 0. The molecule has 4 heteroatoms. The minimum atomic E-state index is -0.0880. The van der Waals surface area contributed by atoms with Crippen LogP contribution in [0.15, 0.2) is 0 Å². The van der Waals surface area contributed by atoms with Crippen molar-refractivity contribution >= 4 is 5.82 Å². The predicted molar refractivity (Wildman–Crippen MR) is 46.5 cm³/mol. The number of nitrogens with two attached hydrogens (primary N) is 1. The molecule has 4 nitrogen and oxygen atoms in total. The van der Waals surface area contributed by atoms with Crippen LogP contribution < -0.4 is 5.73 Å². The highest BCUT2D eigenvalue weighted by atomic mass is 16.3. The Kier molecular flexibility index (Phi) is 2.60. The Bertz CT molecular complexity index is 286. The molecule has 0 aliphatic carbocycles. The van der Waals surface area contributed by atoms with Crippen LogP contribution in [0.3, 0.4) is 0 Å². The van der Waals surface area contributed by atoms with Gasteiger partial charge in [0.25, 0.3) is 0 Å². The first kappa shape index (κ1) is 8.93. The van der Waals surface area contributed by atoms with Gasteiger partial charge in [0.1, 0.15) is 11.6 Å². The van der Waals surface area contributed by atoms with Crippen LogP contribution in [0, 0.1) is 6.92 Å². The highest BCUT2D eigenvalue weighted by Crippen LogP contribution is 2.13. The van der Waals surface area contributed by atoms with Gasteiger partial charge in [-0.25, -0.2) is 9.97 Å². The Morgan fingerprint density at radius 2 is 2.08 bits per heavy atom. The van der Waals surface area contributed by atoms with Gasteiger partial charge in [0.15, 0.2) is 0 Å². The SMILES string of the molecule is CCc1nc(C)nc(N)c1CO. The maximum absolute atomic E-state index is 8.96. The van der Waals surface area contributed by atoms with E-state index >= 15 is 0 Å². The predicted octanol–water partition coefficient (Wildman–Crippen LogP) is 0.422. The Morgan fingerprint density at radius 3 is 2.58 bits per heavy atom. The lowest BCUT2D eigenvalue weighted by atomic mass is 10.2. The second-order valence-corrected chi connectivity index (χ2v) is 2.59. The van der Waals surface area contributed by atoms with Crippen molar-refractivity contribution in [1.82, 2.24) is 9.97 Å². The topological polar surface area (TPSA) is 72.0 Å². The number of rotatable bonds is 2. The fourth-order valence-electron chi connectivity index (χ4n) is 1.14. The number of aliphatic hydroxyl groups is 1. The molecule has 1 aromatic heterocycles. The summed E-state index contributed by atoms with van der Waals surface area (Å²) in [6.07, 6.45) is 0.767. The van der Waals surface area contributed by atoms with Crippen LogP contribution in [-0.4, -0.2) is 15.1 Å². The third kappa shape index (κ3) is 1.53. The van der Waals surface area contributed by atoms with Crippen LogP contribution >= 0.6 is 0 Å². The first-order valence-corrected chi connectivity index (χ1v) is 3.91. The normalized spacial score (nSPS) is 10.2. The van der Waals surface area contributed by atoms with E-state index in [1.54, 1.807) is 6.92 Å². The zero-order valence-electron chi connectivity index (χ0n) is 7.33. The number of nitrogens with zero attached hydrogens (tertiary/aromatic N) is 2. The highest BCUT2D eigenvalue weighted by Gasteiger charge is 2.07. The molecular weight excluding hydrogens is 154 g/mol. The van der Waals surface area contributed by atoms with Crippen LogP contribution in [0.5, 0.6) is 0 Å². The molecule has 0 saturated heterocycles. The van der Waals surface area contributed by atoms with E-state index in [1.165, 1.54) is 0 Å². The maximum Gasteiger partial charge on any atom is 0.132 e. The minimum absolute atomic E-state index is 0.0880. The zero-order chi connectivity index (χ0) is 9.14. The molecule has 1 heterocycles. The van der Waals surface area contributed by atoms with Crippen LogP contribution in [0.4, 0.5) is 5.82 Å². The van der Waals surface area contributed by atoms with E-state index in [2.05, 4.69) is 9.97 Å². The molecule has 0 aromatic carbocycles. The number of aliphatic hydroxyl groups excluding tert-OH is 1. The smallest absolute Gasteiger partial charge is 0.132 e. The molecular formula is C8H13N3O. The number of anilines is 1. The Morgan fingerprint density at radius 1 is 1.42 bits per heavy atom. The van der Waals surface area contributed by atoms with E-state index in [1.807, 2.05) is 6.92 Å². The monoisotopic (exact) mass is 167 g/mol. The number of hydrogen-bond donors (Lipinski definition) is 2. The highest BCUT2D eigenvalue weighted by molar-refractivity contribution is 5.41. The molecule has 66 valence electrons. The molecule has 3 N–H and O–H groups in total. The van der Waals surface area contributed by atoms with Gasteiger partial charge in [0.05, 0.1) is 12.3 Å². The molecule has 0 saturated carbocycles. The van der Waals surface area contributed by atoms with E-state index in [4.69, 9.17) is 10.8 Å². The van der Waals surface area contributed by atoms with Crippen molar-refractivity contribution < 1.29 is 5.11 Å². The fraction of sp³-hybridized carbons (Fsp3) is 0.500. The Labute approximate surface area is 71.5 Å². The Hall–Kier alpha value is -1.16. The number of aryl methyl sites for hydroxylation is 2. The summed E-state index contributed by atoms with van der Waals surface area (Å²) >= 11 is 0. The van der Waals surface area contributed by atoms with Crippen LogP contribution in [-0.2, 0) is 13.0 Å². The summed E-state index contributed by atoms with van der Waals surface area (Å²) in [6, 6.07) is 0. The third-order valence-electron chi connectivity index (χ3n) is 1.73. The van der Waals surface area contributed by atoms with Gasteiger partial charge in [-0.1, -0.05) is 6.92 Å². The zero-order valence-corrected chi connectivity index (χ0v) is 7.33. The third-order valence-corrected chi connectivity index (χ3v) is 1.73. The van der Waals surface area contributed by atoms with Crippen molar-refractivity contribution in [3.63, 3.8) is 0 Å². The molecule has 12 heavy (non-hydrogen) atoms. The lowest BCUT2D eigenvalue weighted by Crippen LogP contribution is -2.06. The van der Waals surface area contributed by atoms with E-state index in [0.29, 0.717) is 17.2 Å². The first-order valence-electron chi connectivity index (χ1n) is 3.91. The summed E-state index contributed by atoms with van der Waals surface area (Å²) in [6.45, 7) is 3.67. The van der Waals surface area contributed by atoms with Gasteiger partial charge in [-0.15, -0.1) is 0 Å². The average Bonchev–Trinajstić information content (AvgIpc) is 2.03. The van der Waals surface area contributed by atoms with E-state index in [-0.39, 0.29) is 6.61 Å². The van der Waals surface area contributed by atoms with E-state index < -0.39 is 0 Å². The molecule has 1 aromatic rings. The van der Waals surface area contributed by atoms with Crippen LogP contribution in [0.2, 0.25) is 0 Å².